The molecule has 3 heteroatoms. The molecular weight excluding hydrogens is 313 g/mol. The van der Waals surface area contributed by atoms with Gasteiger partial charge in [0.05, 0.1) is 0 Å². The molecule has 0 aliphatic rings. The van der Waals surface area contributed by atoms with Gasteiger partial charge in [0.25, 0.3) is 0 Å². The van der Waals surface area contributed by atoms with E-state index < -0.39 is 0 Å². The number of carbonyl (C=O) groups is 1. The van der Waals surface area contributed by atoms with Crippen molar-refractivity contribution in [2.45, 2.75) is 57.8 Å². The molecule has 0 aliphatic heterocycles. The molecule has 96 valence electrons. The highest BCUT2D eigenvalue weighted by molar-refractivity contribution is 14.1. The molecule has 0 aromatic heterocycles. The molecule has 0 saturated carbocycles. The van der Waals surface area contributed by atoms with E-state index in [-0.39, 0.29) is 14.7 Å². The van der Waals surface area contributed by atoms with Gasteiger partial charge in [-0.2, -0.15) is 0 Å². The molecule has 0 spiro atoms. The van der Waals surface area contributed by atoms with Crippen LogP contribution in [-0.4, -0.2) is 15.9 Å². The van der Waals surface area contributed by atoms with E-state index in [2.05, 4.69) is 55.6 Å². The van der Waals surface area contributed by atoms with Crippen LogP contribution in [0, 0.1) is 11.3 Å². The second kappa shape index (κ2) is 6.22. The minimum Gasteiger partial charge on any atom is -0.356 e. The van der Waals surface area contributed by atoms with Crippen LogP contribution in [0.1, 0.15) is 54.4 Å². The molecule has 16 heavy (non-hydrogen) atoms. The summed E-state index contributed by atoms with van der Waals surface area (Å²) in [6.07, 6.45) is 1.90. The molecule has 0 fully saturated rings. The van der Waals surface area contributed by atoms with Crippen molar-refractivity contribution in [1.82, 2.24) is 5.32 Å². The molecule has 0 radical (unpaired) electrons. The third kappa shape index (κ3) is 5.02. The Morgan fingerprint density at radius 2 is 1.81 bits per heavy atom. The fraction of sp³-hybridized carbons (Fsp3) is 0.923. The molecule has 1 unspecified atom stereocenters. The molecule has 1 atom stereocenters. The Hall–Kier alpha value is 0.200. The van der Waals surface area contributed by atoms with Crippen molar-refractivity contribution in [3.05, 3.63) is 0 Å². The smallest absolute Gasteiger partial charge is 0.225 e. The number of carbonyl (C=O) groups excluding carboxylic acids is 1. The van der Waals surface area contributed by atoms with E-state index in [4.69, 9.17) is 0 Å². The molecule has 1 amide bonds. The third-order valence-corrected chi connectivity index (χ3v) is 4.77. The number of halogens is 1. The van der Waals surface area contributed by atoms with Crippen LogP contribution in [0.25, 0.3) is 0 Å². The van der Waals surface area contributed by atoms with Gasteiger partial charge in [0, 0.05) is 15.4 Å². The lowest BCUT2D eigenvalue weighted by Gasteiger charge is -2.35. The summed E-state index contributed by atoms with van der Waals surface area (Å²) in [4.78, 5) is 12.0. The van der Waals surface area contributed by atoms with Crippen molar-refractivity contribution in [3.63, 3.8) is 0 Å². The SMILES string of the molecule is CCCNC(=O)C(C)(C)CC(C)(I)C(C)C. The Kier molecular flexibility index (Phi) is 6.30. The number of alkyl halides is 1. The average molecular weight is 339 g/mol. The van der Waals surface area contributed by atoms with Gasteiger partial charge < -0.3 is 5.32 Å². The average Bonchev–Trinajstić information content (AvgIpc) is 2.12. The second-order valence-corrected chi connectivity index (χ2v) is 8.21. The summed E-state index contributed by atoms with van der Waals surface area (Å²) in [5, 5.41) is 2.99. The first-order valence-electron chi connectivity index (χ1n) is 6.10. The van der Waals surface area contributed by atoms with Gasteiger partial charge in [-0.1, -0.05) is 64.1 Å². The van der Waals surface area contributed by atoms with Crippen LogP contribution in [0.3, 0.4) is 0 Å². The fourth-order valence-electron chi connectivity index (χ4n) is 1.63. The number of rotatable bonds is 6. The van der Waals surface area contributed by atoms with Crippen LogP contribution in [0.4, 0.5) is 0 Å². The lowest BCUT2D eigenvalue weighted by molar-refractivity contribution is -0.130. The number of hydrogen-bond acceptors (Lipinski definition) is 1. The molecular formula is C13H26INO. The van der Waals surface area contributed by atoms with Crippen molar-refractivity contribution in [2.24, 2.45) is 11.3 Å². The second-order valence-electron chi connectivity index (χ2n) is 5.75. The van der Waals surface area contributed by atoms with Gasteiger partial charge in [-0.05, 0) is 18.8 Å². The topological polar surface area (TPSA) is 29.1 Å². The van der Waals surface area contributed by atoms with Crippen LogP contribution in [-0.2, 0) is 4.79 Å². The predicted molar refractivity (Wildman–Crippen MR) is 79.0 cm³/mol. The van der Waals surface area contributed by atoms with Crippen LogP contribution < -0.4 is 5.32 Å². The van der Waals surface area contributed by atoms with Gasteiger partial charge in [0.15, 0.2) is 0 Å². The summed E-state index contributed by atoms with van der Waals surface area (Å²) in [5.74, 6) is 0.754. The summed E-state index contributed by atoms with van der Waals surface area (Å²) in [5.41, 5.74) is -0.282. The van der Waals surface area contributed by atoms with Crippen LogP contribution in [0.2, 0.25) is 0 Å². The Bertz CT molecular complexity index is 234. The molecule has 1 N–H and O–H groups in total. The largest absolute Gasteiger partial charge is 0.356 e. The van der Waals surface area contributed by atoms with Crippen LogP contribution in [0.5, 0.6) is 0 Å². The van der Waals surface area contributed by atoms with Crippen molar-refractivity contribution in [2.75, 3.05) is 6.54 Å². The lowest BCUT2D eigenvalue weighted by Crippen LogP contribution is -2.42. The third-order valence-electron chi connectivity index (χ3n) is 3.14. The van der Waals surface area contributed by atoms with Gasteiger partial charge >= 0.3 is 0 Å². The zero-order chi connectivity index (χ0) is 13.0. The van der Waals surface area contributed by atoms with Gasteiger partial charge in [-0.15, -0.1) is 0 Å². The Morgan fingerprint density at radius 3 is 2.19 bits per heavy atom. The summed E-state index contributed by atoms with van der Waals surface area (Å²) >= 11 is 2.48. The first kappa shape index (κ1) is 16.2. The highest BCUT2D eigenvalue weighted by Crippen LogP contribution is 2.39. The normalized spacial score (nSPS) is 16.0. The van der Waals surface area contributed by atoms with Gasteiger partial charge in [0.1, 0.15) is 0 Å². The maximum absolute atomic E-state index is 12.0. The number of nitrogens with one attached hydrogen (secondary N) is 1. The fourth-order valence-corrected chi connectivity index (χ4v) is 2.58. The first-order valence-corrected chi connectivity index (χ1v) is 7.18. The Morgan fingerprint density at radius 1 is 1.31 bits per heavy atom. The van der Waals surface area contributed by atoms with E-state index in [1.165, 1.54) is 0 Å². The maximum atomic E-state index is 12.0. The van der Waals surface area contributed by atoms with E-state index in [1.807, 2.05) is 13.8 Å². The Balaban J connectivity index is 4.49. The van der Waals surface area contributed by atoms with E-state index in [0.717, 1.165) is 19.4 Å². The zero-order valence-corrected chi connectivity index (χ0v) is 13.6. The summed E-state index contributed by atoms with van der Waals surface area (Å²) in [7, 11) is 0. The highest BCUT2D eigenvalue weighted by atomic mass is 127. The summed E-state index contributed by atoms with van der Waals surface area (Å²) in [6, 6.07) is 0. The van der Waals surface area contributed by atoms with Crippen molar-refractivity contribution < 1.29 is 4.79 Å². The molecule has 2 nitrogen and oxygen atoms in total. The quantitative estimate of drug-likeness (QED) is 0.579. The predicted octanol–water partition coefficient (Wildman–Crippen LogP) is 3.78. The molecule has 0 rings (SSSR count). The minimum atomic E-state index is -0.282. The van der Waals surface area contributed by atoms with Gasteiger partial charge in [0.2, 0.25) is 5.91 Å². The minimum absolute atomic E-state index is 0.171. The van der Waals surface area contributed by atoms with Gasteiger partial charge in [-0.25, -0.2) is 0 Å². The lowest BCUT2D eigenvalue weighted by atomic mass is 9.78. The highest BCUT2D eigenvalue weighted by Gasteiger charge is 2.37. The first-order chi connectivity index (χ1) is 7.13. The molecule has 0 saturated heterocycles. The summed E-state index contributed by atoms with van der Waals surface area (Å²) in [6.45, 7) is 13.6. The Labute approximate surface area is 114 Å². The molecule has 0 bridgehead atoms. The van der Waals surface area contributed by atoms with Crippen molar-refractivity contribution >= 4 is 28.5 Å². The van der Waals surface area contributed by atoms with E-state index >= 15 is 0 Å². The number of hydrogen-bond donors (Lipinski definition) is 1. The van der Waals surface area contributed by atoms with Crippen LogP contribution in [0.15, 0.2) is 0 Å². The van der Waals surface area contributed by atoms with E-state index in [9.17, 15) is 4.79 Å². The molecule has 0 aromatic carbocycles. The van der Waals surface area contributed by atoms with Crippen molar-refractivity contribution in [1.29, 1.82) is 0 Å². The van der Waals surface area contributed by atoms with Gasteiger partial charge in [-0.3, -0.25) is 4.79 Å². The van der Waals surface area contributed by atoms with Crippen molar-refractivity contribution in [3.8, 4) is 0 Å². The zero-order valence-electron chi connectivity index (χ0n) is 11.5. The maximum Gasteiger partial charge on any atom is 0.225 e. The summed E-state index contributed by atoms with van der Waals surface area (Å²) < 4.78 is 0.171. The van der Waals surface area contributed by atoms with Crippen LogP contribution >= 0.6 is 22.6 Å². The molecule has 0 heterocycles. The molecule has 0 aromatic rings. The van der Waals surface area contributed by atoms with E-state index in [1.54, 1.807) is 0 Å². The standard InChI is InChI=1S/C13H26INO/c1-7-8-15-11(16)12(4,5)9-13(6,14)10(2)3/h10H,7-9H2,1-6H3,(H,15,16). The molecule has 0 aliphatic carbocycles. The van der Waals surface area contributed by atoms with E-state index in [0.29, 0.717) is 5.92 Å². The number of amides is 1. The monoisotopic (exact) mass is 339 g/mol.